The van der Waals surface area contributed by atoms with Crippen molar-refractivity contribution in [3.05, 3.63) is 23.8 Å². The second-order valence-corrected chi connectivity index (χ2v) is 2.50. The van der Waals surface area contributed by atoms with Crippen molar-refractivity contribution in [3.8, 4) is 11.5 Å². The highest BCUT2D eigenvalue weighted by molar-refractivity contribution is 5.85. The summed E-state index contributed by atoms with van der Waals surface area (Å²) in [4.78, 5) is 0. The van der Waals surface area contributed by atoms with Crippen molar-refractivity contribution in [1.82, 2.24) is 0 Å². The number of aliphatic hydroxyl groups excluding tert-OH is 1. The molecule has 1 rings (SSSR count). The monoisotopic (exact) mass is 223 g/mol. The third-order valence-corrected chi connectivity index (χ3v) is 1.61. The molecule has 0 saturated carbocycles. The predicted octanol–water partition coefficient (Wildman–Crippen LogP) is -0.313. The fourth-order valence-corrected chi connectivity index (χ4v) is 0.884. The minimum atomic E-state index is -0.795. The zero-order valence-corrected chi connectivity index (χ0v) is 8.16. The van der Waals surface area contributed by atoms with Crippen LogP contribution in [-0.2, 0) is 0 Å². The fourth-order valence-electron chi connectivity index (χ4n) is 0.884. The fraction of sp³-hybridized carbons (Fsp3) is 0.250. The van der Waals surface area contributed by atoms with Crippen LogP contribution in [0.15, 0.2) is 18.2 Å². The third kappa shape index (κ3) is 3.39. The molecule has 0 saturated heterocycles. The van der Waals surface area contributed by atoms with Crippen molar-refractivity contribution < 1.29 is 20.8 Å². The van der Waals surface area contributed by atoms with E-state index >= 15 is 0 Å². The number of hydrogen-bond acceptors (Lipinski definition) is 4. The SMILES string of the molecule is Cl.NCC(O)c1ccc(O)c(O)c1.O. The van der Waals surface area contributed by atoms with Crippen LogP contribution >= 0.6 is 12.4 Å². The summed E-state index contributed by atoms with van der Waals surface area (Å²) in [6.45, 7) is 0.0875. The molecule has 0 heterocycles. The van der Waals surface area contributed by atoms with Gasteiger partial charge in [-0.05, 0) is 17.7 Å². The van der Waals surface area contributed by atoms with Gasteiger partial charge in [-0.15, -0.1) is 12.4 Å². The summed E-state index contributed by atoms with van der Waals surface area (Å²) in [7, 11) is 0. The van der Waals surface area contributed by atoms with E-state index in [0.717, 1.165) is 0 Å². The summed E-state index contributed by atoms with van der Waals surface area (Å²) in [5.41, 5.74) is 5.69. The smallest absolute Gasteiger partial charge is 0.157 e. The highest BCUT2D eigenvalue weighted by atomic mass is 35.5. The van der Waals surface area contributed by atoms with Crippen LogP contribution in [-0.4, -0.2) is 27.3 Å². The van der Waals surface area contributed by atoms with Gasteiger partial charge in [-0.3, -0.25) is 0 Å². The van der Waals surface area contributed by atoms with Gasteiger partial charge in [0, 0.05) is 6.54 Å². The Morgan fingerprint density at radius 3 is 2.21 bits per heavy atom. The number of nitrogens with two attached hydrogens (primary N) is 1. The van der Waals surface area contributed by atoms with Crippen molar-refractivity contribution in [2.24, 2.45) is 5.73 Å². The van der Waals surface area contributed by atoms with Gasteiger partial charge in [0.15, 0.2) is 11.5 Å². The molecule has 5 nitrogen and oxygen atoms in total. The summed E-state index contributed by atoms with van der Waals surface area (Å²) in [5, 5.41) is 27.2. The van der Waals surface area contributed by atoms with Crippen LogP contribution in [0.2, 0.25) is 0 Å². The highest BCUT2D eigenvalue weighted by Crippen LogP contribution is 2.27. The number of benzene rings is 1. The second kappa shape index (κ2) is 6.44. The molecule has 0 spiro atoms. The number of hydrogen-bond donors (Lipinski definition) is 4. The predicted molar refractivity (Wildman–Crippen MR) is 54.6 cm³/mol. The van der Waals surface area contributed by atoms with Crippen molar-refractivity contribution in [3.63, 3.8) is 0 Å². The molecule has 1 atom stereocenters. The highest BCUT2D eigenvalue weighted by Gasteiger charge is 2.07. The van der Waals surface area contributed by atoms with Gasteiger partial charge in [-0.1, -0.05) is 6.07 Å². The zero-order chi connectivity index (χ0) is 9.14. The summed E-state index contributed by atoms with van der Waals surface area (Å²) in [6, 6.07) is 4.10. The Bertz CT molecular complexity index is 282. The molecule has 1 aromatic carbocycles. The number of aliphatic hydroxyl groups is 1. The maximum absolute atomic E-state index is 9.23. The van der Waals surface area contributed by atoms with Crippen molar-refractivity contribution >= 4 is 12.4 Å². The van der Waals surface area contributed by atoms with Gasteiger partial charge in [-0.25, -0.2) is 0 Å². The van der Waals surface area contributed by atoms with Crippen molar-refractivity contribution in [2.45, 2.75) is 6.10 Å². The maximum atomic E-state index is 9.23. The van der Waals surface area contributed by atoms with Gasteiger partial charge in [0.2, 0.25) is 0 Å². The Labute approximate surface area is 87.5 Å². The summed E-state index contributed by atoms with van der Waals surface area (Å²) >= 11 is 0. The Morgan fingerprint density at radius 1 is 1.21 bits per heavy atom. The minimum Gasteiger partial charge on any atom is -0.504 e. The van der Waals surface area contributed by atoms with E-state index in [4.69, 9.17) is 15.9 Å². The van der Waals surface area contributed by atoms with E-state index < -0.39 is 6.10 Å². The van der Waals surface area contributed by atoms with Gasteiger partial charge < -0.3 is 26.5 Å². The number of phenolic OH excluding ortho intramolecular Hbond substituents is 2. The Hall–Kier alpha value is -1.01. The second-order valence-electron chi connectivity index (χ2n) is 2.50. The Balaban J connectivity index is 0. The zero-order valence-electron chi connectivity index (χ0n) is 7.34. The lowest BCUT2D eigenvalue weighted by Crippen LogP contribution is -2.11. The van der Waals surface area contributed by atoms with E-state index in [1.165, 1.54) is 18.2 Å². The third-order valence-electron chi connectivity index (χ3n) is 1.61. The molecular weight excluding hydrogens is 210 g/mol. The molecule has 1 aromatic rings. The van der Waals surface area contributed by atoms with E-state index in [0.29, 0.717) is 5.56 Å². The van der Waals surface area contributed by atoms with Gasteiger partial charge in [0.1, 0.15) is 0 Å². The summed E-state index contributed by atoms with van der Waals surface area (Å²) in [5.74, 6) is -0.456. The standard InChI is InChI=1S/C8H11NO3.ClH.H2O/c9-4-8(12)5-1-2-6(10)7(11)3-5;;/h1-3,8,10-12H,4,9H2;1H;1H2. The van der Waals surface area contributed by atoms with Crippen molar-refractivity contribution in [1.29, 1.82) is 0 Å². The molecule has 0 fully saturated rings. The van der Waals surface area contributed by atoms with E-state index in [1.54, 1.807) is 0 Å². The molecule has 0 aliphatic rings. The number of aromatic hydroxyl groups is 2. The normalized spacial score (nSPS) is 11.0. The molecule has 1 unspecified atom stereocenters. The first-order valence-electron chi connectivity index (χ1n) is 3.55. The molecule has 0 aliphatic carbocycles. The number of phenols is 2. The average Bonchev–Trinajstić information content (AvgIpc) is 2.08. The van der Waals surface area contributed by atoms with Gasteiger partial charge in [-0.2, -0.15) is 0 Å². The number of halogens is 1. The van der Waals surface area contributed by atoms with Gasteiger partial charge >= 0.3 is 0 Å². The van der Waals surface area contributed by atoms with E-state index in [-0.39, 0.29) is 35.9 Å². The minimum absolute atomic E-state index is 0. The van der Waals surface area contributed by atoms with Crippen LogP contribution in [0.1, 0.15) is 11.7 Å². The maximum Gasteiger partial charge on any atom is 0.157 e. The van der Waals surface area contributed by atoms with Crippen molar-refractivity contribution in [2.75, 3.05) is 6.54 Å². The molecule has 14 heavy (non-hydrogen) atoms. The molecule has 0 aliphatic heterocycles. The van der Waals surface area contributed by atoms with E-state index in [1.807, 2.05) is 0 Å². The quantitative estimate of drug-likeness (QED) is 0.514. The lowest BCUT2D eigenvalue weighted by Gasteiger charge is -2.08. The lowest BCUT2D eigenvalue weighted by molar-refractivity contribution is 0.186. The van der Waals surface area contributed by atoms with E-state index in [9.17, 15) is 5.11 Å². The molecule has 0 aromatic heterocycles. The summed E-state index contributed by atoms with van der Waals surface area (Å²) < 4.78 is 0. The van der Waals surface area contributed by atoms with E-state index in [2.05, 4.69) is 0 Å². The molecule has 82 valence electrons. The van der Waals surface area contributed by atoms with Crippen LogP contribution < -0.4 is 5.73 Å². The average molecular weight is 224 g/mol. The van der Waals surface area contributed by atoms with Crippen LogP contribution in [0.4, 0.5) is 0 Å². The molecule has 6 heteroatoms. The first kappa shape index (κ1) is 15.5. The molecule has 7 N–H and O–H groups in total. The lowest BCUT2D eigenvalue weighted by atomic mass is 10.1. The van der Waals surface area contributed by atoms with Gasteiger partial charge in [0.05, 0.1) is 6.10 Å². The molecule has 0 bridgehead atoms. The van der Waals surface area contributed by atoms with Crippen LogP contribution in [0, 0.1) is 0 Å². The largest absolute Gasteiger partial charge is 0.504 e. The molecular formula is C8H14ClNO4. The topological polar surface area (TPSA) is 118 Å². The first-order chi connectivity index (χ1) is 5.65. The first-order valence-corrected chi connectivity index (χ1v) is 3.55. The Morgan fingerprint density at radius 2 is 1.79 bits per heavy atom. The molecule has 0 radical (unpaired) electrons. The Kier molecular flexibility index (Phi) is 7.12. The van der Waals surface area contributed by atoms with Crippen LogP contribution in [0.3, 0.4) is 0 Å². The van der Waals surface area contributed by atoms with Crippen LogP contribution in [0.5, 0.6) is 11.5 Å². The molecule has 0 amide bonds. The van der Waals surface area contributed by atoms with Gasteiger partial charge in [0.25, 0.3) is 0 Å². The van der Waals surface area contributed by atoms with Crippen LogP contribution in [0.25, 0.3) is 0 Å². The number of rotatable bonds is 2. The summed E-state index contributed by atoms with van der Waals surface area (Å²) in [6.07, 6.45) is -0.795.